The van der Waals surface area contributed by atoms with E-state index in [0.717, 1.165) is 12.2 Å². The summed E-state index contributed by atoms with van der Waals surface area (Å²) in [6, 6.07) is 12.8. The van der Waals surface area contributed by atoms with Crippen LogP contribution in [-0.4, -0.2) is 18.0 Å². The minimum absolute atomic E-state index is 0.933. The molecule has 1 heterocycles. The van der Waals surface area contributed by atoms with E-state index in [-0.39, 0.29) is 0 Å². The Labute approximate surface area is 115 Å². The second kappa shape index (κ2) is 5.62. The molecule has 19 heavy (non-hydrogen) atoms. The molecule has 2 N–H and O–H groups in total. The first kappa shape index (κ1) is 12.5. The molecule has 1 fully saturated rings. The number of hydrogen-bond donors (Lipinski definition) is 1. The number of fused-ring (bicyclic) bond motifs is 1. The molecule has 0 saturated carbocycles. The summed E-state index contributed by atoms with van der Waals surface area (Å²) in [5.41, 5.74) is 8.43. The van der Waals surface area contributed by atoms with Crippen molar-refractivity contribution < 1.29 is 0 Å². The van der Waals surface area contributed by atoms with Crippen LogP contribution >= 0.6 is 0 Å². The molecule has 2 heteroatoms. The smallest absolute Gasteiger partial charge is 0.0366 e. The second-order valence-electron chi connectivity index (χ2n) is 5.59. The summed E-state index contributed by atoms with van der Waals surface area (Å²) in [4.78, 5) is 2.55. The Bertz CT molecular complexity index is 554. The number of nitrogen functional groups attached to an aromatic ring is 1. The van der Waals surface area contributed by atoms with Crippen molar-refractivity contribution in [1.29, 1.82) is 0 Å². The number of anilines is 1. The van der Waals surface area contributed by atoms with Gasteiger partial charge < -0.3 is 5.73 Å². The predicted molar refractivity (Wildman–Crippen MR) is 82.1 cm³/mol. The van der Waals surface area contributed by atoms with E-state index in [1.165, 1.54) is 55.1 Å². The fourth-order valence-electron chi connectivity index (χ4n) is 2.98. The Kier molecular flexibility index (Phi) is 3.69. The summed E-state index contributed by atoms with van der Waals surface area (Å²) >= 11 is 0. The van der Waals surface area contributed by atoms with Gasteiger partial charge in [-0.15, -0.1) is 0 Å². The molecule has 1 saturated heterocycles. The van der Waals surface area contributed by atoms with Crippen LogP contribution < -0.4 is 5.73 Å². The van der Waals surface area contributed by atoms with Crippen molar-refractivity contribution in [2.75, 3.05) is 18.8 Å². The molecule has 0 radical (unpaired) electrons. The van der Waals surface area contributed by atoms with Crippen molar-refractivity contribution in [3.05, 3.63) is 42.0 Å². The highest BCUT2D eigenvalue weighted by Crippen LogP contribution is 2.24. The second-order valence-corrected chi connectivity index (χ2v) is 5.59. The van der Waals surface area contributed by atoms with Gasteiger partial charge in [-0.05, 0) is 54.4 Å². The Morgan fingerprint density at radius 3 is 2.21 bits per heavy atom. The van der Waals surface area contributed by atoms with Crippen LogP contribution in [0.1, 0.15) is 31.2 Å². The van der Waals surface area contributed by atoms with E-state index in [1.54, 1.807) is 0 Å². The zero-order valence-corrected chi connectivity index (χ0v) is 11.4. The third kappa shape index (κ3) is 2.90. The normalized spacial score (nSPS) is 17.5. The fourth-order valence-corrected chi connectivity index (χ4v) is 2.98. The van der Waals surface area contributed by atoms with Crippen molar-refractivity contribution >= 4 is 16.5 Å². The molecule has 2 aromatic carbocycles. The molecule has 0 atom stereocenters. The SMILES string of the molecule is Nc1cc2ccccc2cc1CN1CCCCCC1. The van der Waals surface area contributed by atoms with Crippen LogP contribution in [0.15, 0.2) is 36.4 Å². The summed E-state index contributed by atoms with van der Waals surface area (Å²) in [6.45, 7) is 3.43. The van der Waals surface area contributed by atoms with Gasteiger partial charge in [0.2, 0.25) is 0 Å². The summed E-state index contributed by atoms with van der Waals surface area (Å²) in [5.74, 6) is 0. The fraction of sp³-hybridized carbons (Fsp3) is 0.412. The Hall–Kier alpha value is -1.54. The molecule has 0 spiro atoms. The van der Waals surface area contributed by atoms with Crippen LogP contribution in [0, 0.1) is 0 Å². The summed E-state index contributed by atoms with van der Waals surface area (Å²) < 4.78 is 0. The third-order valence-electron chi connectivity index (χ3n) is 4.10. The van der Waals surface area contributed by atoms with Gasteiger partial charge >= 0.3 is 0 Å². The standard InChI is InChI=1S/C17H22N2/c18-17-12-15-8-4-3-7-14(15)11-16(17)13-19-9-5-1-2-6-10-19/h3-4,7-8,11-12H,1-2,5-6,9-10,13,18H2. The molecular weight excluding hydrogens is 232 g/mol. The zero-order valence-electron chi connectivity index (χ0n) is 11.4. The quantitative estimate of drug-likeness (QED) is 0.826. The molecule has 0 amide bonds. The number of likely N-dealkylation sites (tertiary alicyclic amines) is 1. The predicted octanol–water partition coefficient (Wildman–Crippen LogP) is 3.80. The van der Waals surface area contributed by atoms with E-state index in [1.807, 2.05) is 0 Å². The highest BCUT2D eigenvalue weighted by Gasteiger charge is 2.11. The largest absolute Gasteiger partial charge is 0.398 e. The van der Waals surface area contributed by atoms with E-state index in [2.05, 4.69) is 41.3 Å². The highest BCUT2D eigenvalue weighted by atomic mass is 15.1. The van der Waals surface area contributed by atoms with Gasteiger partial charge in [0.15, 0.2) is 0 Å². The third-order valence-corrected chi connectivity index (χ3v) is 4.10. The topological polar surface area (TPSA) is 29.3 Å². The van der Waals surface area contributed by atoms with Crippen molar-refractivity contribution in [3.63, 3.8) is 0 Å². The van der Waals surface area contributed by atoms with Gasteiger partial charge in [-0.2, -0.15) is 0 Å². The molecule has 2 aromatic rings. The first-order valence-electron chi connectivity index (χ1n) is 7.32. The molecule has 0 bridgehead atoms. The zero-order chi connectivity index (χ0) is 13.1. The van der Waals surface area contributed by atoms with E-state index < -0.39 is 0 Å². The molecule has 0 aromatic heterocycles. The highest BCUT2D eigenvalue weighted by molar-refractivity contribution is 5.86. The lowest BCUT2D eigenvalue weighted by molar-refractivity contribution is 0.277. The maximum absolute atomic E-state index is 6.22. The van der Waals surface area contributed by atoms with Crippen LogP contribution in [0.25, 0.3) is 10.8 Å². The number of rotatable bonds is 2. The van der Waals surface area contributed by atoms with Crippen LogP contribution in [0.2, 0.25) is 0 Å². The van der Waals surface area contributed by atoms with Gasteiger partial charge in [0.1, 0.15) is 0 Å². The minimum Gasteiger partial charge on any atom is -0.398 e. The molecular formula is C17H22N2. The monoisotopic (exact) mass is 254 g/mol. The number of benzene rings is 2. The van der Waals surface area contributed by atoms with E-state index in [9.17, 15) is 0 Å². The first-order valence-corrected chi connectivity index (χ1v) is 7.32. The summed E-state index contributed by atoms with van der Waals surface area (Å²) in [7, 11) is 0. The molecule has 1 aliphatic rings. The molecule has 2 nitrogen and oxygen atoms in total. The van der Waals surface area contributed by atoms with E-state index in [4.69, 9.17) is 5.73 Å². The summed E-state index contributed by atoms with van der Waals surface area (Å²) in [6.07, 6.45) is 5.41. The lowest BCUT2D eigenvalue weighted by Gasteiger charge is -2.21. The maximum Gasteiger partial charge on any atom is 0.0366 e. The van der Waals surface area contributed by atoms with Gasteiger partial charge in [-0.3, -0.25) is 4.90 Å². The molecule has 1 aliphatic heterocycles. The molecule has 0 unspecified atom stereocenters. The van der Waals surface area contributed by atoms with Crippen molar-refractivity contribution in [2.45, 2.75) is 32.2 Å². The van der Waals surface area contributed by atoms with Gasteiger partial charge in [0.05, 0.1) is 0 Å². The molecule has 100 valence electrons. The molecule has 0 aliphatic carbocycles. The first-order chi connectivity index (χ1) is 9.33. The lowest BCUT2D eigenvalue weighted by Crippen LogP contribution is -2.24. The van der Waals surface area contributed by atoms with E-state index >= 15 is 0 Å². The molecule has 3 rings (SSSR count). The van der Waals surface area contributed by atoms with Crippen LogP contribution in [-0.2, 0) is 6.54 Å². The number of nitrogens with zero attached hydrogens (tertiary/aromatic N) is 1. The van der Waals surface area contributed by atoms with Gasteiger partial charge in [-0.25, -0.2) is 0 Å². The van der Waals surface area contributed by atoms with E-state index in [0.29, 0.717) is 0 Å². The van der Waals surface area contributed by atoms with Crippen LogP contribution in [0.5, 0.6) is 0 Å². The van der Waals surface area contributed by atoms with Gasteiger partial charge in [0, 0.05) is 12.2 Å². The van der Waals surface area contributed by atoms with Crippen LogP contribution in [0.4, 0.5) is 5.69 Å². The van der Waals surface area contributed by atoms with Crippen molar-refractivity contribution in [2.24, 2.45) is 0 Å². The Morgan fingerprint density at radius 1 is 0.895 bits per heavy atom. The number of nitrogens with two attached hydrogens (primary N) is 1. The lowest BCUT2D eigenvalue weighted by atomic mass is 10.0. The summed E-state index contributed by atoms with van der Waals surface area (Å²) in [5, 5.41) is 2.53. The van der Waals surface area contributed by atoms with Crippen molar-refractivity contribution in [3.8, 4) is 0 Å². The Balaban J connectivity index is 1.85. The van der Waals surface area contributed by atoms with Gasteiger partial charge in [-0.1, -0.05) is 37.1 Å². The van der Waals surface area contributed by atoms with Crippen LogP contribution in [0.3, 0.4) is 0 Å². The number of hydrogen-bond acceptors (Lipinski definition) is 2. The maximum atomic E-state index is 6.22. The Morgan fingerprint density at radius 2 is 1.53 bits per heavy atom. The average molecular weight is 254 g/mol. The van der Waals surface area contributed by atoms with Gasteiger partial charge in [0.25, 0.3) is 0 Å². The average Bonchev–Trinajstić information content (AvgIpc) is 2.68. The van der Waals surface area contributed by atoms with Crippen molar-refractivity contribution in [1.82, 2.24) is 4.90 Å². The minimum atomic E-state index is 0.933.